The number of nitrogens with zero attached hydrogens (tertiary/aromatic N) is 2. The average molecular weight is 344 g/mol. The highest BCUT2D eigenvalue weighted by molar-refractivity contribution is 7.89. The van der Waals surface area contributed by atoms with Crippen LogP contribution in [0.25, 0.3) is 0 Å². The van der Waals surface area contributed by atoms with Gasteiger partial charge in [-0.2, -0.15) is 4.31 Å². The fourth-order valence-corrected chi connectivity index (χ4v) is 4.16. The van der Waals surface area contributed by atoms with E-state index in [0.717, 1.165) is 17.7 Å². The molecule has 1 fully saturated rings. The van der Waals surface area contributed by atoms with Crippen molar-refractivity contribution in [1.82, 2.24) is 4.31 Å². The van der Waals surface area contributed by atoms with Crippen LogP contribution in [0.2, 0.25) is 0 Å². The van der Waals surface area contributed by atoms with Gasteiger partial charge >= 0.3 is 0 Å². The molecule has 0 bridgehead atoms. The molecule has 1 aliphatic heterocycles. The molecule has 3 rings (SSSR count). The van der Waals surface area contributed by atoms with Crippen molar-refractivity contribution in [3.63, 3.8) is 0 Å². The number of carbonyl (C=O) groups is 1. The molecule has 0 N–H and O–H groups in total. The van der Waals surface area contributed by atoms with Gasteiger partial charge in [-0.15, -0.1) is 0 Å². The molecule has 0 aliphatic carbocycles. The van der Waals surface area contributed by atoms with Crippen LogP contribution in [0, 0.1) is 0 Å². The van der Waals surface area contributed by atoms with E-state index < -0.39 is 10.0 Å². The lowest BCUT2D eigenvalue weighted by atomic mass is 10.2. The zero-order chi connectivity index (χ0) is 17.2. The molecular formula is C18H20N2O3S. The highest BCUT2D eigenvalue weighted by Gasteiger charge is 2.33. The molecule has 0 saturated carbocycles. The molecule has 0 aromatic heterocycles. The fourth-order valence-electron chi connectivity index (χ4n) is 2.78. The SMILES string of the molecule is CCc1ccc(S(=O)(=O)N2CCN(c3ccccc3)C(=O)C2)cc1. The lowest BCUT2D eigenvalue weighted by Crippen LogP contribution is -2.52. The lowest BCUT2D eigenvalue weighted by Gasteiger charge is -2.33. The van der Waals surface area contributed by atoms with Crippen LogP contribution in [0.4, 0.5) is 5.69 Å². The molecule has 0 radical (unpaired) electrons. The molecular weight excluding hydrogens is 324 g/mol. The second-order valence-electron chi connectivity index (χ2n) is 5.72. The van der Waals surface area contributed by atoms with Gasteiger partial charge in [0.1, 0.15) is 0 Å². The number of benzene rings is 2. The number of carbonyl (C=O) groups excluding carboxylic acids is 1. The number of anilines is 1. The standard InChI is InChI=1S/C18H20N2O3S/c1-2-15-8-10-17(11-9-15)24(22,23)19-12-13-20(18(21)14-19)16-6-4-3-5-7-16/h3-11H,2,12-14H2,1H3. The Hall–Kier alpha value is -2.18. The van der Waals surface area contributed by atoms with Crippen LogP contribution in [0.1, 0.15) is 12.5 Å². The molecule has 126 valence electrons. The lowest BCUT2D eigenvalue weighted by molar-refractivity contribution is -0.119. The summed E-state index contributed by atoms with van der Waals surface area (Å²) >= 11 is 0. The summed E-state index contributed by atoms with van der Waals surface area (Å²) in [6, 6.07) is 16.2. The Morgan fingerprint density at radius 3 is 2.21 bits per heavy atom. The molecule has 1 saturated heterocycles. The van der Waals surface area contributed by atoms with Crippen LogP contribution in [-0.4, -0.2) is 38.3 Å². The second kappa shape index (κ2) is 6.75. The normalized spacial score (nSPS) is 16.4. The quantitative estimate of drug-likeness (QED) is 0.855. The summed E-state index contributed by atoms with van der Waals surface area (Å²) in [4.78, 5) is 14.3. The first-order valence-corrected chi connectivity index (χ1v) is 9.41. The minimum Gasteiger partial charge on any atom is -0.310 e. The number of aryl methyl sites for hydroxylation is 1. The van der Waals surface area contributed by atoms with Crippen molar-refractivity contribution in [3.05, 3.63) is 60.2 Å². The van der Waals surface area contributed by atoms with Gasteiger partial charge in [-0.3, -0.25) is 4.79 Å². The van der Waals surface area contributed by atoms with E-state index in [9.17, 15) is 13.2 Å². The number of rotatable bonds is 4. The Kier molecular flexibility index (Phi) is 4.69. The number of hydrogen-bond donors (Lipinski definition) is 0. The molecule has 2 aromatic carbocycles. The number of sulfonamides is 1. The molecule has 2 aromatic rings. The van der Waals surface area contributed by atoms with Gasteiger partial charge in [0.25, 0.3) is 0 Å². The summed E-state index contributed by atoms with van der Waals surface area (Å²) in [5, 5.41) is 0. The minimum absolute atomic E-state index is 0.132. The molecule has 1 amide bonds. The van der Waals surface area contributed by atoms with Crippen LogP contribution < -0.4 is 4.90 Å². The monoisotopic (exact) mass is 344 g/mol. The van der Waals surface area contributed by atoms with Crippen molar-refractivity contribution < 1.29 is 13.2 Å². The van der Waals surface area contributed by atoms with Gasteiger partial charge in [0.05, 0.1) is 11.4 Å². The topological polar surface area (TPSA) is 57.7 Å². The smallest absolute Gasteiger partial charge is 0.243 e. The third-order valence-corrected chi connectivity index (χ3v) is 6.08. The van der Waals surface area contributed by atoms with E-state index in [1.807, 2.05) is 49.4 Å². The van der Waals surface area contributed by atoms with Crippen LogP contribution in [0.3, 0.4) is 0 Å². The number of hydrogen-bond acceptors (Lipinski definition) is 3. The highest BCUT2D eigenvalue weighted by atomic mass is 32.2. The Morgan fingerprint density at radius 1 is 0.958 bits per heavy atom. The van der Waals surface area contributed by atoms with E-state index in [1.165, 1.54) is 4.31 Å². The van der Waals surface area contributed by atoms with E-state index >= 15 is 0 Å². The van der Waals surface area contributed by atoms with E-state index in [4.69, 9.17) is 0 Å². The molecule has 5 nitrogen and oxygen atoms in total. The van der Waals surface area contributed by atoms with Gasteiger partial charge in [-0.1, -0.05) is 37.3 Å². The molecule has 0 unspecified atom stereocenters. The summed E-state index contributed by atoms with van der Waals surface area (Å²) in [5.41, 5.74) is 1.88. The largest absolute Gasteiger partial charge is 0.310 e. The maximum atomic E-state index is 12.7. The summed E-state index contributed by atoms with van der Waals surface area (Å²) in [5.74, 6) is -0.207. The number of piperazine rings is 1. The Balaban J connectivity index is 1.78. The van der Waals surface area contributed by atoms with Gasteiger partial charge in [0.2, 0.25) is 15.9 Å². The Labute approximate surface area is 142 Å². The fraction of sp³-hybridized carbons (Fsp3) is 0.278. The van der Waals surface area contributed by atoms with Crippen molar-refractivity contribution in [1.29, 1.82) is 0 Å². The Morgan fingerprint density at radius 2 is 1.62 bits per heavy atom. The first-order valence-electron chi connectivity index (χ1n) is 7.97. The van der Waals surface area contributed by atoms with Gasteiger partial charge in [-0.05, 0) is 36.2 Å². The molecule has 6 heteroatoms. The molecule has 0 atom stereocenters. The summed E-state index contributed by atoms with van der Waals surface area (Å²) in [6.45, 7) is 2.53. The minimum atomic E-state index is -3.64. The number of amides is 1. The molecule has 24 heavy (non-hydrogen) atoms. The zero-order valence-electron chi connectivity index (χ0n) is 13.6. The van der Waals surface area contributed by atoms with Crippen LogP contribution in [0.15, 0.2) is 59.5 Å². The van der Waals surface area contributed by atoms with Gasteiger partial charge in [-0.25, -0.2) is 8.42 Å². The summed E-state index contributed by atoms with van der Waals surface area (Å²) < 4.78 is 26.7. The van der Waals surface area contributed by atoms with Crippen molar-refractivity contribution in [2.45, 2.75) is 18.2 Å². The summed E-state index contributed by atoms with van der Waals surface area (Å²) in [6.07, 6.45) is 0.856. The predicted molar refractivity (Wildman–Crippen MR) is 93.4 cm³/mol. The van der Waals surface area contributed by atoms with Gasteiger partial charge in [0.15, 0.2) is 0 Å². The van der Waals surface area contributed by atoms with Gasteiger partial charge in [0, 0.05) is 18.8 Å². The van der Waals surface area contributed by atoms with E-state index in [-0.39, 0.29) is 17.3 Å². The third-order valence-electron chi connectivity index (χ3n) is 4.22. The zero-order valence-corrected chi connectivity index (χ0v) is 14.4. The third kappa shape index (κ3) is 3.20. The molecule has 1 heterocycles. The van der Waals surface area contributed by atoms with Gasteiger partial charge < -0.3 is 4.90 Å². The maximum Gasteiger partial charge on any atom is 0.243 e. The first-order chi connectivity index (χ1) is 11.5. The van der Waals surface area contributed by atoms with E-state index in [2.05, 4.69) is 0 Å². The van der Waals surface area contributed by atoms with Crippen LogP contribution in [0.5, 0.6) is 0 Å². The highest BCUT2D eigenvalue weighted by Crippen LogP contribution is 2.22. The molecule has 1 aliphatic rings. The van der Waals surface area contributed by atoms with E-state index in [0.29, 0.717) is 13.1 Å². The van der Waals surface area contributed by atoms with Crippen molar-refractivity contribution in [3.8, 4) is 0 Å². The predicted octanol–water partition coefficient (Wildman–Crippen LogP) is 2.29. The van der Waals surface area contributed by atoms with Crippen LogP contribution >= 0.6 is 0 Å². The second-order valence-corrected chi connectivity index (χ2v) is 7.65. The average Bonchev–Trinajstić information content (AvgIpc) is 2.62. The Bertz CT molecular complexity index is 817. The van der Waals surface area contributed by atoms with Crippen LogP contribution in [-0.2, 0) is 21.2 Å². The summed E-state index contributed by atoms with van der Waals surface area (Å²) in [7, 11) is -3.64. The van der Waals surface area contributed by atoms with Crippen molar-refractivity contribution in [2.24, 2.45) is 0 Å². The number of para-hydroxylation sites is 1. The first kappa shape index (κ1) is 16.7. The van der Waals surface area contributed by atoms with Crippen molar-refractivity contribution >= 4 is 21.6 Å². The van der Waals surface area contributed by atoms with E-state index in [1.54, 1.807) is 17.0 Å². The molecule has 0 spiro atoms. The maximum absolute atomic E-state index is 12.7. The van der Waals surface area contributed by atoms with Crippen molar-refractivity contribution in [2.75, 3.05) is 24.5 Å².